The number of amides is 2. The molecule has 32 heavy (non-hydrogen) atoms. The lowest BCUT2D eigenvalue weighted by atomic mass is 9.86. The van der Waals surface area contributed by atoms with E-state index in [-0.39, 0.29) is 36.4 Å². The predicted molar refractivity (Wildman–Crippen MR) is 111 cm³/mol. The molecular weight excluding hydrogens is 425 g/mol. The van der Waals surface area contributed by atoms with Crippen molar-refractivity contribution in [1.82, 2.24) is 25.8 Å². The minimum Gasteiger partial charge on any atom is -0.339 e. The quantitative estimate of drug-likeness (QED) is 0.642. The molecule has 1 saturated heterocycles. The van der Waals surface area contributed by atoms with Crippen molar-refractivity contribution < 1.29 is 22.8 Å². The third-order valence-corrected chi connectivity index (χ3v) is 6.23. The zero-order valence-corrected chi connectivity index (χ0v) is 17.9. The second-order valence-corrected chi connectivity index (χ2v) is 8.61. The van der Waals surface area contributed by atoms with Gasteiger partial charge in [0.1, 0.15) is 11.9 Å². The van der Waals surface area contributed by atoms with E-state index < -0.39 is 24.0 Å². The molecule has 0 radical (unpaired) electrons. The number of nitrogens with zero attached hydrogens (tertiary/aromatic N) is 3. The average molecular weight is 452 g/mol. The highest BCUT2D eigenvalue weighted by molar-refractivity contribution is 5.97. The summed E-state index contributed by atoms with van der Waals surface area (Å²) in [7, 11) is 0. The van der Waals surface area contributed by atoms with Crippen LogP contribution in [-0.2, 0) is 17.6 Å². The maximum atomic E-state index is 13.2. The predicted octanol–water partition coefficient (Wildman–Crippen LogP) is 2.79. The van der Waals surface area contributed by atoms with Crippen LogP contribution in [0.1, 0.15) is 67.2 Å². The third kappa shape index (κ3) is 4.81. The molecule has 3 aliphatic rings. The van der Waals surface area contributed by atoms with Crippen molar-refractivity contribution in [2.24, 2.45) is 11.0 Å². The molecular formula is C21H27F3N6O2. The smallest absolute Gasteiger partial charge is 0.339 e. The van der Waals surface area contributed by atoms with Crippen LogP contribution in [0.5, 0.6) is 0 Å². The Labute approximate surface area is 183 Å². The molecule has 0 bridgehead atoms. The highest BCUT2D eigenvalue weighted by Gasteiger charge is 2.43. The Morgan fingerprint density at radius 3 is 2.84 bits per heavy atom. The van der Waals surface area contributed by atoms with Gasteiger partial charge < -0.3 is 10.6 Å². The summed E-state index contributed by atoms with van der Waals surface area (Å²) in [5.41, 5.74) is 1.74. The fourth-order valence-corrected chi connectivity index (χ4v) is 4.39. The summed E-state index contributed by atoms with van der Waals surface area (Å²) in [6.45, 7) is 2.37. The topological polar surface area (TPSA) is 102 Å². The van der Waals surface area contributed by atoms with Crippen LogP contribution in [0.15, 0.2) is 17.0 Å². The fourth-order valence-electron chi connectivity index (χ4n) is 4.39. The number of nitrogens with one attached hydrogen (secondary N) is 3. The van der Waals surface area contributed by atoms with Crippen molar-refractivity contribution in [2.45, 2.75) is 70.5 Å². The van der Waals surface area contributed by atoms with Gasteiger partial charge in [0.05, 0.1) is 5.92 Å². The van der Waals surface area contributed by atoms with Crippen LogP contribution in [0.4, 0.5) is 13.2 Å². The van der Waals surface area contributed by atoms with Crippen molar-refractivity contribution in [3.05, 3.63) is 28.8 Å². The Hall–Kier alpha value is -2.85. The number of carbonyl (C=O) groups excluding carboxylic acids is 2. The van der Waals surface area contributed by atoms with Crippen LogP contribution >= 0.6 is 0 Å². The van der Waals surface area contributed by atoms with Gasteiger partial charge in [-0.25, -0.2) is 5.01 Å². The minimum absolute atomic E-state index is 0.0321. The molecule has 11 heteroatoms. The van der Waals surface area contributed by atoms with Gasteiger partial charge in [-0.05, 0) is 64.4 Å². The maximum absolute atomic E-state index is 13.2. The highest BCUT2D eigenvalue weighted by atomic mass is 19.4. The summed E-state index contributed by atoms with van der Waals surface area (Å²) in [5.74, 6) is -1.93. The van der Waals surface area contributed by atoms with Gasteiger partial charge in [0.25, 0.3) is 5.91 Å². The molecule has 2 unspecified atom stereocenters. The zero-order chi connectivity index (χ0) is 22.9. The molecule has 1 aliphatic carbocycles. The molecule has 1 aromatic rings. The van der Waals surface area contributed by atoms with Gasteiger partial charge in [-0.15, -0.1) is 0 Å². The number of allylic oxidation sites excluding steroid dienone is 1. The Balaban J connectivity index is 1.48. The van der Waals surface area contributed by atoms with E-state index in [1.165, 1.54) is 0 Å². The van der Waals surface area contributed by atoms with E-state index in [1.807, 2.05) is 13.0 Å². The number of aromatic nitrogens is 2. The van der Waals surface area contributed by atoms with Crippen LogP contribution < -0.4 is 10.6 Å². The van der Waals surface area contributed by atoms with Gasteiger partial charge in [-0.2, -0.15) is 23.4 Å². The number of alkyl halides is 3. The zero-order valence-electron chi connectivity index (χ0n) is 17.9. The van der Waals surface area contributed by atoms with Crippen LogP contribution in [0.2, 0.25) is 0 Å². The number of aromatic amines is 1. The lowest BCUT2D eigenvalue weighted by Crippen LogP contribution is -2.45. The molecule has 1 fully saturated rings. The van der Waals surface area contributed by atoms with Gasteiger partial charge in [0.15, 0.2) is 5.69 Å². The normalized spacial score (nSPS) is 27.8. The summed E-state index contributed by atoms with van der Waals surface area (Å²) in [4.78, 5) is 25.7. The Morgan fingerprint density at radius 2 is 2.06 bits per heavy atom. The number of hydrazone groups is 1. The first kappa shape index (κ1) is 22.3. The largest absolute Gasteiger partial charge is 0.392 e. The standard InChI is InChI=1S/C21H27F3N6O2/c1-12-5-3-2-4-6-17-26-19(31)16(9-10-30(17)29-12)25-20(32)18-14-11-13(21(22,23)24)7-8-15(14)27-28-18/h6,13,16H,2-5,7-11H2,1H3,(H,25,32)(H,26,31)(H,27,28)/b17-6+,29-12+. The molecule has 2 atom stereocenters. The van der Waals surface area contributed by atoms with Gasteiger partial charge in [-0.3, -0.25) is 14.7 Å². The minimum atomic E-state index is -4.32. The lowest BCUT2D eigenvalue weighted by molar-refractivity contribution is -0.177. The van der Waals surface area contributed by atoms with E-state index in [0.29, 0.717) is 24.5 Å². The second-order valence-electron chi connectivity index (χ2n) is 8.61. The van der Waals surface area contributed by atoms with Crippen LogP contribution in [-0.4, -0.2) is 51.5 Å². The Bertz CT molecular complexity index is 952. The number of aryl methyl sites for hydroxylation is 1. The summed E-state index contributed by atoms with van der Waals surface area (Å²) in [6.07, 6.45) is 1.50. The molecule has 4 rings (SSSR count). The third-order valence-electron chi connectivity index (χ3n) is 6.23. The number of fused-ring (bicyclic) bond motifs is 2. The summed E-state index contributed by atoms with van der Waals surface area (Å²) in [6, 6.07) is -0.844. The maximum Gasteiger partial charge on any atom is 0.392 e. The van der Waals surface area contributed by atoms with E-state index in [4.69, 9.17) is 0 Å². The van der Waals surface area contributed by atoms with Crippen LogP contribution in [0, 0.1) is 5.92 Å². The molecule has 2 aliphatic heterocycles. The summed E-state index contributed by atoms with van der Waals surface area (Å²) >= 11 is 0. The van der Waals surface area contributed by atoms with Gasteiger partial charge in [-0.1, -0.05) is 0 Å². The number of rotatable bonds is 2. The van der Waals surface area contributed by atoms with Gasteiger partial charge in [0, 0.05) is 23.5 Å². The Morgan fingerprint density at radius 1 is 1.25 bits per heavy atom. The second kappa shape index (κ2) is 8.95. The van der Waals surface area contributed by atoms with Gasteiger partial charge >= 0.3 is 6.18 Å². The van der Waals surface area contributed by atoms with E-state index >= 15 is 0 Å². The Kier molecular flexibility index (Phi) is 6.25. The van der Waals surface area contributed by atoms with Crippen LogP contribution in [0.25, 0.3) is 0 Å². The molecule has 2 amide bonds. The first-order valence-electron chi connectivity index (χ1n) is 11.0. The fraction of sp³-hybridized carbons (Fsp3) is 0.619. The number of carbonyl (C=O) groups is 2. The molecule has 3 heterocycles. The molecule has 0 saturated carbocycles. The number of hydrogen-bond donors (Lipinski definition) is 3. The SMILES string of the molecule is C/C1=N\N2CCC(NC(=O)c3n[nH]c4c3CC(C(F)(F)F)CC4)C(=O)N/C2=C\CCCC1. The summed E-state index contributed by atoms with van der Waals surface area (Å²) in [5, 5.41) is 18.5. The monoisotopic (exact) mass is 452 g/mol. The number of H-pyrrole nitrogens is 1. The lowest BCUT2D eigenvalue weighted by Gasteiger charge is -2.24. The van der Waals surface area contributed by atoms with E-state index in [2.05, 4.69) is 25.9 Å². The summed E-state index contributed by atoms with van der Waals surface area (Å²) < 4.78 is 39.6. The highest BCUT2D eigenvalue weighted by Crippen LogP contribution is 2.37. The van der Waals surface area contributed by atoms with E-state index in [9.17, 15) is 22.8 Å². The van der Waals surface area contributed by atoms with Crippen LogP contribution in [0.3, 0.4) is 0 Å². The van der Waals surface area contributed by atoms with Crippen molar-refractivity contribution in [3.8, 4) is 0 Å². The van der Waals surface area contributed by atoms with E-state index in [0.717, 1.165) is 31.4 Å². The molecule has 0 aromatic carbocycles. The molecule has 8 nitrogen and oxygen atoms in total. The van der Waals surface area contributed by atoms with Crippen molar-refractivity contribution in [3.63, 3.8) is 0 Å². The first-order valence-corrected chi connectivity index (χ1v) is 11.0. The van der Waals surface area contributed by atoms with Crippen molar-refractivity contribution >= 4 is 17.5 Å². The molecule has 1 aromatic heterocycles. The first-order chi connectivity index (χ1) is 15.2. The molecule has 3 N–H and O–H groups in total. The van der Waals surface area contributed by atoms with Crippen molar-refractivity contribution in [2.75, 3.05) is 6.54 Å². The average Bonchev–Trinajstić information content (AvgIpc) is 3.13. The van der Waals surface area contributed by atoms with E-state index in [1.54, 1.807) is 5.01 Å². The van der Waals surface area contributed by atoms with Gasteiger partial charge in [0.2, 0.25) is 5.91 Å². The number of hydrogen-bond acceptors (Lipinski definition) is 5. The molecule has 0 spiro atoms. The van der Waals surface area contributed by atoms with Crippen molar-refractivity contribution in [1.29, 1.82) is 0 Å². The number of halogens is 3. The molecule has 174 valence electrons.